The maximum absolute atomic E-state index is 12.8. The lowest BCUT2D eigenvalue weighted by Gasteiger charge is -2.70. The largest absolute Gasteiger partial charge is 0.412 e. The molecule has 1 aliphatic heterocycles. The topological polar surface area (TPSA) is 29.5 Å². The lowest BCUT2D eigenvalue weighted by molar-refractivity contribution is -0.241. The van der Waals surface area contributed by atoms with Gasteiger partial charge in [0.2, 0.25) is 0 Å². The number of β-lactam (4-membered cyclic amide) rings is 1. The van der Waals surface area contributed by atoms with Gasteiger partial charge in [0.15, 0.2) is 5.60 Å². The van der Waals surface area contributed by atoms with Gasteiger partial charge >= 0.3 is 0 Å². The highest BCUT2D eigenvalue weighted by Gasteiger charge is 2.73. The Hall–Kier alpha value is -0.136. The molecule has 1 heterocycles. The Morgan fingerprint density at radius 1 is 1.10 bits per heavy atom. The van der Waals surface area contributed by atoms with Crippen LogP contribution in [0.3, 0.4) is 0 Å². The number of likely N-dealkylation sites (tertiary alicyclic amines) is 1. The minimum absolute atomic E-state index is 0.0180. The molecule has 0 aromatic heterocycles. The summed E-state index contributed by atoms with van der Waals surface area (Å²) in [5.41, 5.74) is -1.08. The van der Waals surface area contributed by atoms with Crippen LogP contribution in [0.1, 0.15) is 55.4 Å². The summed E-state index contributed by atoms with van der Waals surface area (Å²) in [7, 11) is -1.26. The number of hydrogen-bond acceptors (Lipinski definition) is 2. The van der Waals surface area contributed by atoms with Crippen molar-refractivity contribution in [2.75, 3.05) is 0 Å². The van der Waals surface area contributed by atoms with Gasteiger partial charge in [0, 0.05) is 5.54 Å². The van der Waals surface area contributed by atoms with E-state index in [-0.39, 0.29) is 22.4 Å². The smallest absolute Gasteiger partial charge is 0.256 e. The van der Waals surface area contributed by atoms with Crippen molar-refractivity contribution in [1.82, 2.24) is 4.90 Å². The first-order chi connectivity index (χ1) is 8.69. The van der Waals surface area contributed by atoms with Gasteiger partial charge in [-0.3, -0.25) is 4.79 Å². The van der Waals surface area contributed by atoms with Crippen molar-refractivity contribution in [3.63, 3.8) is 0 Å². The lowest BCUT2D eigenvalue weighted by Crippen LogP contribution is -2.88. The second kappa shape index (κ2) is 4.95. The van der Waals surface area contributed by atoms with Crippen LogP contribution in [0, 0.1) is 5.41 Å². The lowest BCUT2D eigenvalue weighted by atomic mass is 9.56. The predicted octanol–water partition coefficient (Wildman–Crippen LogP) is 2.27. The molecule has 0 aromatic carbocycles. The highest BCUT2D eigenvalue weighted by Crippen LogP contribution is 2.56. The molecule has 1 fully saturated rings. The molecule has 118 valence electrons. The van der Waals surface area contributed by atoms with Crippen molar-refractivity contribution < 1.29 is 9.22 Å². The fourth-order valence-electron chi connectivity index (χ4n) is 3.35. The summed E-state index contributed by atoms with van der Waals surface area (Å²) in [4.78, 5) is 14.9. The van der Waals surface area contributed by atoms with Crippen molar-refractivity contribution in [2.45, 2.75) is 85.2 Å². The van der Waals surface area contributed by atoms with Gasteiger partial charge < -0.3 is 9.33 Å². The van der Waals surface area contributed by atoms with Crippen LogP contribution < -0.4 is 0 Å². The van der Waals surface area contributed by atoms with E-state index in [1.165, 1.54) is 0 Å². The summed E-state index contributed by atoms with van der Waals surface area (Å²) in [6.07, 6.45) is 0. The second-order valence-electron chi connectivity index (χ2n) is 8.87. The third kappa shape index (κ3) is 2.42. The quantitative estimate of drug-likeness (QED) is 0.591. The van der Waals surface area contributed by atoms with E-state index in [9.17, 15) is 4.79 Å². The first-order valence-electron chi connectivity index (χ1n) is 7.68. The first-order valence-corrected chi connectivity index (χ1v) is 13.8. The maximum Gasteiger partial charge on any atom is 0.256 e. The molecule has 1 saturated heterocycles. The minimum Gasteiger partial charge on any atom is -0.412 e. The highest BCUT2D eigenvalue weighted by atomic mass is 29.2. The summed E-state index contributed by atoms with van der Waals surface area (Å²) < 4.78 is 6.32. The van der Waals surface area contributed by atoms with Gasteiger partial charge in [-0.15, -0.1) is 0 Å². The van der Waals surface area contributed by atoms with E-state index >= 15 is 0 Å². The summed E-state index contributed by atoms with van der Waals surface area (Å²) in [6, 6.07) is 0. The number of amides is 1. The molecule has 0 spiro atoms. The molecule has 5 heteroatoms. The van der Waals surface area contributed by atoms with E-state index < -0.39 is 23.2 Å². The standard InChI is InChI=1S/C15H33NO2Si2/c1-12(2,3)15(8)14(7,18-19-20(9)10)11(17)16(15)13(4,5)6/h20H,19H2,1-10H3/t14?,15-/m1/s1. The van der Waals surface area contributed by atoms with Crippen LogP contribution in [0.5, 0.6) is 0 Å². The van der Waals surface area contributed by atoms with E-state index in [1.807, 2.05) is 6.92 Å². The average molecular weight is 316 g/mol. The van der Waals surface area contributed by atoms with E-state index in [1.54, 1.807) is 0 Å². The summed E-state index contributed by atoms with van der Waals surface area (Å²) >= 11 is 0. The zero-order valence-corrected chi connectivity index (χ0v) is 17.6. The van der Waals surface area contributed by atoms with Gasteiger partial charge in [-0.1, -0.05) is 33.9 Å². The van der Waals surface area contributed by atoms with Gasteiger partial charge in [0.25, 0.3) is 5.91 Å². The van der Waals surface area contributed by atoms with Gasteiger partial charge in [-0.25, -0.2) is 0 Å². The zero-order valence-electron chi connectivity index (χ0n) is 15.0. The molecule has 0 N–H and O–H groups in total. The van der Waals surface area contributed by atoms with Gasteiger partial charge in [-0.2, -0.15) is 0 Å². The summed E-state index contributed by atoms with van der Waals surface area (Å²) in [5, 5.41) is 0. The fourth-order valence-corrected chi connectivity index (χ4v) is 6.42. The molecule has 1 amide bonds. The average Bonchev–Trinajstić information content (AvgIpc) is 2.22. The Bertz CT molecular complexity index is 398. The molecule has 2 atom stereocenters. The molecular formula is C15H33NO2Si2. The van der Waals surface area contributed by atoms with Crippen LogP contribution in [0.25, 0.3) is 0 Å². The number of carbonyl (C=O) groups is 1. The summed E-state index contributed by atoms with van der Waals surface area (Å²) in [5.74, 6) is 0.171. The SMILES string of the molecule is C[SiH](C)[SiH2]OC1(C)C(=O)N(C(C)(C)C)[C@]1(C)C(C)(C)C. The molecule has 1 rings (SSSR count). The Labute approximate surface area is 128 Å². The maximum atomic E-state index is 12.8. The molecule has 0 bridgehead atoms. The Balaban J connectivity index is 3.23. The monoisotopic (exact) mass is 315 g/mol. The van der Waals surface area contributed by atoms with Crippen LogP contribution in [-0.4, -0.2) is 45.1 Å². The molecular weight excluding hydrogens is 282 g/mol. The number of hydrogen-bond donors (Lipinski definition) is 0. The minimum atomic E-state index is -0.706. The van der Waals surface area contributed by atoms with E-state index in [2.05, 4.69) is 66.5 Å². The van der Waals surface area contributed by atoms with Crippen LogP contribution in [-0.2, 0) is 9.22 Å². The van der Waals surface area contributed by atoms with Gasteiger partial charge in [0.05, 0.1) is 13.9 Å². The molecule has 1 aliphatic rings. The van der Waals surface area contributed by atoms with Gasteiger partial charge in [-0.05, 0) is 40.0 Å². The normalized spacial score (nSPS) is 32.4. The Morgan fingerprint density at radius 2 is 1.55 bits per heavy atom. The van der Waals surface area contributed by atoms with E-state index in [0.717, 1.165) is 0 Å². The second-order valence-corrected chi connectivity index (χ2v) is 18.2. The van der Waals surface area contributed by atoms with Crippen molar-refractivity contribution >= 4 is 23.5 Å². The zero-order chi connectivity index (χ0) is 16.1. The summed E-state index contributed by atoms with van der Waals surface area (Å²) in [6.45, 7) is 21.8. The molecule has 1 unspecified atom stereocenters. The highest BCUT2D eigenvalue weighted by molar-refractivity contribution is 7.08. The van der Waals surface area contributed by atoms with Crippen LogP contribution in [0.2, 0.25) is 13.1 Å². The first kappa shape index (κ1) is 17.9. The molecule has 0 radical (unpaired) electrons. The van der Waals surface area contributed by atoms with Crippen molar-refractivity contribution in [1.29, 1.82) is 0 Å². The fraction of sp³-hybridized carbons (Fsp3) is 0.933. The number of nitrogens with zero attached hydrogens (tertiary/aromatic N) is 1. The third-order valence-electron chi connectivity index (χ3n) is 4.82. The number of carbonyl (C=O) groups excluding carboxylic acids is 1. The molecule has 0 saturated carbocycles. The third-order valence-corrected chi connectivity index (χ3v) is 8.73. The molecule has 3 nitrogen and oxygen atoms in total. The Kier molecular flexibility index (Phi) is 4.44. The Morgan fingerprint density at radius 3 is 1.85 bits per heavy atom. The van der Waals surface area contributed by atoms with Crippen molar-refractivity contribution in [3.8, 4) is 0 Å². The molecule has 0 aliphatic carbocycles. The van der Waals surface area contributed by atoms with E-state index in [0.29, 0.717) is 0 Å². The van der Waals surface area contributed by atoms with Crippen LogP contribution in [0.15, 0.2) is 0 Å². The van der Waals surface area contributed by atoms with Crippen LogP contribution in [0.4, 0.5) is 0 Å². The van der Waals surface area contributed by atoms with Gasteiger partial charge in [0.1, 0.15) is 9.28 Å². The molecule has 20 heavy (non-hydrogen) atoms. The molecule has 0 aromatic rings. The van der Waals surface area contributed by atoms with Crippen molar-refractivity contribution in [2.24, 2.45) is 5.41 Å². The van der Waals surface area contributed by atoms with Crippen LogP contribution >= 0.6 is 0 Å². The predicted molar refractivity (Wildman–Crippen MR) is 91.4 cm³/mol. The van der Waals surface area contributed by atoms with E-state index in [4.69, 9.17) is 4.43 Å². The van der Waals surface area contributed by atoms with Crippen molar-refractivity contribution in [3.05, 3.63) is 0 Å². The number of rotatable bonds is 3.